The van der Waals surface area contributed by atoms with E-state index in [9.17, 15) is 17.6 Å². The fraction of sp³-hybridized carbons (Fsp3) is 0.435. The maximum absolute atomic E-state index is 14.0. The van der Waals surface area contributed by atoms with Gasteiger partial charge in [0.2, 0.25) is 15.9 Å². The normalized spacial score (nSPS) is 14.6. The number of anilines is 2. The number of hydrogen-bond acceptors (Lipinski definition) is 4. The second-order valence-electron chi connectivity index (χ2n) is 7.98. The second kappa shape index (κ2) is 9.68. The van der Waals surface area contributed by atoms with Crippen molar-refractivity contribution in [3.63, 3.8) is 0 Å². The van der Waals surface area contributed by atoms with Crippen LogP contribution in [0.1, 0.15) is 24.0 Å². The van der Waals surface area contributed by atoms with E-state index in [-0.39, 0.29) is 24.7 Å². The molecule has 1 aliphatic rings. The van der Waals surface area contributed by atoms with Gasteiger partial charge in [0.15, 0.2) is 0 Å². The van der Waals surface area contributed by atoms with Crippen LogP contribution < -0.4 is 9.21 Å². The summed E-state index contributed by atoms with van der Waals surface area (Å²) < 4.78 is 40.1. The highest BCUT2D eigenvalue weighted by atomic mass is 32.2. The monoisotopic (exact) mass is 447 g/mol. The molecule has 0 bridgehead atoms. The second-order valence-corrected chi connectivity index (χ2v) is 9.88. The molecule has 0 aliphatic carbocycles. The van der Waals surface area contributed by atoms with E-state index in [2.05, 4.69) is 0 Å². The molecule has 168 valence electrons. The van der Waals surface area contributed by atoms with Gasteiger partial charge in [0.1, 0.15) is 5.82 Å². The molecule has 0 saturated carbocycles. The Bertz CT molecular complexity index is 1030. The third-order valence-electron chi connectivity index (χ3n) is 5.82. The Morgan fingerprint density at radius 2 is 1.71 bits per heavy atom. The van der Waals surface area contributed by atoms with Crippen LogP contribution in [0.4, 0.5) is 15.8 Å². The number of piperazine rings is 1. The Kier molecular flexibility index (Phi) is 7.20. The number of para-hydroxylation sites is 1. The Labute approximate surface area is 184 Å². The van der Waals surface area contributed by atoms with Crippen LogP contribution in [0.3, 0.4) is 0 Å². The van der Waals surface area contributed by atoms with E-state index in [0.29, 0.717) is 44.0 Å². The summed E-state index contributed by atoms with van der Waals surface area (Å²) in [6.07, 6.45) is 1.90. The maximum Gasteiger partial charge on any atom is 0.232 e. The van der Waals surface area contributed by atoms with Crippen LogP contribution in [0, 0.1) is 19.7 Å². The SMILES string of the molecule is Cc1cccc(N(CCCC(=O)N2CCN(c3ccccc3F)CC2)S(C)(=O)=O)c1C. The van der Waals surface area contributed by atoms with Gasteiger partial charge in [-0.15, -0.1) is 0 Å². The van der Waals surface area contributed by atoms with E-state index in [1.807, 2.05) is 30.9 Å². The van der Waals surface area contributed by atoms with Crippen LogP contribution in [-0.4, -0.2) is 58.2 Å². The minimum absolute atomic E-state index is 0.00241. The van der Waals surface area contributed by atoms with Crippen LogP contribution in [0.5, 0.6) is 0 Å². The standard InChI is InChI=1S/C23H30FN3O3S/c1-18-8-6-11-21(19(18)2)27(31(3,29)30)13-7-12-23(28)26-16-14-25(15-17-26)22-10-5-4-9-20(22)24/h4-6,8-11H,7,12-17H2,1-3H3. The van der Waals surface area contributed by atoms with E-state index < -0.39 is 10.0 Å². The number of carbonyl (C=O) groups excluding carboxylic acids is 1. The topological polar surface area (TPSA) is 60.9 Å². The summed E-state index contributed by atoms with van der Waals surface area (Å²) in [7, 11) is -3.46. The van der Waals surface area contributed by atoms with Gasteiger partial charge in [-0.25, -0.2) is 12.8 Å². The van der Waals surface area contributed by atoms with Gasteiger partial charge in [0.05, 0.1) is 17.6 Å². The maximum atomic E-state index is 14.0. The molecule has 0 spiro atoms. The average molecular weight is 448 g/mol. The van der Waals surface area contributed by atoms with Crippen LogP contribution in [0.25, 0.3) is 0 Å². The Morgan fingerprint density at radius 3 is 2.35 bits per heavy atom. The summed E-state index contributed by atoms with van der Waals surface area (Å²) >= 11 is 0. The predicted octanol–water partition coefficient (Wildman–Crippen LogP) is 3.34. The highest BCUT2D eigenvalue weighted by molar-refractivity contribution is 7.92. The van der Waals surface area contributed by atoms with Gasteiger partial charge in [0.25, 0.3) is 0 Å². The summed E-state index contributed by atoms with van der Waals surface area (Å²) in [4.78, 5) is 16.4. The summed E-state index contributed by atoms with van der Waals surface area (Å²) in [5, 5.41) is 0. The number of nitrogens with zero attached hydrogens (tertiary/aromatic N) is 3. The highest BCUT2D eigenvalue weighted by Gasteiger charge is 2.24. The van der Waals surface area contributed by atoms with Gasteiger partial charge in [0, 0.05) is 39.1 Å². The summed E-state index contributed by atoms with van der Waals surface area (Å²) in [6, 6.07) is 12.2. The molecule has 0 unspecified atom stereocenters. The highest BCUT2D eigenvalue weighted by Crippen LogP contribution is 2.25. The molecule has 1 aliphatic heterocycles. The molecule has 1 heterocycles. The molecule has 3 rings (SSSR count). The van der Waals surface area contributed by atoms with Crippen molar-refractivity contribution in [2.45, 2.75) is 26.7 Å². The lowest BCUT2D eigenvalue weighted by Gasteiger charge is -2.36. The van der Waals surface area contributed by atoms with Crippen molar-refractivity contribution in [3.8, 4) is 0 Å². The summed E-state index contributed by atoms with van der Waals surface area (Å²) in [5.74, 6) is -0.253. The fourth-order valence-corrected chi connectivity index (χ4v) is 4.92. The van der Waals surface area contributed by atoms with E-state index in [0.717, 1.165) is 11.1 Å². The number of sulfonamides is 1. The molecule has 1 fully saturated rings. The average Bonchev–Trinajstić information content (AvgIpc) is 2.73. The van der Waals surface area contributed by atoms with Gasteiger partial charge in [-0.2, -0.15) is 0 Å². The fourth-order valence-electron chi connectivity index (χ4n) is 3.91. The molecule has 0 radical (unpaired) electrons. The molecule has 2 aromatic carbocycles. The zero-order valence-corrected chi connectivity index (χ0v) is 19.2. The lowest BCUT2D eigenvalue weighted by atomic mass is 10.1. The third kappa shape index (κ3) is 5.55. The third-order valence-corrected chi connectivity index (χ3v) is 7.00. The van der Waals surface area contributed by atoms with Crippen LogP contribution in [0.2, 0.25) is 0 Å². The van der Waals surface area contributed by atoms with Crippen molar-refractivity contribution in [1.82, 2.24) is 4.90 Å². The Hall–Kier alpha value is -2.61. The van der Waals surface area contributed by atoms with Crippen LogP contribution >= 0.6 is 0 Å². The quantitative estimate of drug-likeness (QED) is 0.653. The minimum Gasteiger partial charge on any atom is -0.366 e. The van der Waals surface area contributed by atoms with Gasteiger partial charge in [-0.3, -0.25) is 9.10 Å². The lowest BCUT2D eigenvalue weighted by Crippen LogP contribution is -2.49. The number of aryl methyl sites for hydroxylation is 1. The number of rotatable bonds is 7. The largest absolute Gasteiger partial charge is 0.366 e. The zero-order chi connectivity index (χ0) is 22.6. The van der Waals surface area contributed by atoms with Crippen molar-refractivity contribution in [1.29, 1.82) is 0 Å². The van der Waals surface area contributed by atoms with Gasteiger partial charge >= 0.3 is 0 Å². The van der Waals surface area contributed by atoms with Gasteiger partial charge < -0.3 is 9.80 Å². The number of halogens is 1. The van der Waals surface area contributed by atoms with Crippen LogP contribution in [-0.2, 0) is 14.8 Å². The van der Waals surface area contributed by atoms with Crippen molar-refractivity contribution in [2.75, 3.05) is 48.2 Å². The first-order chi connectivity index (χ1) is 14.7. The van der Waals surface area contributed by atoms with Crippen molar-refractivity contribution < 1.29 is 17.6 Å². The van der Waals surface area contributed by atoms with Gasteiger partial charge in [-0.05, 0) is 49.6 Å². The lowest BCUT2D eigenvalue weighted by molar-refractivity contribution is -0.131. The van der Waals surface area contributed by atoms with Crippen LogP contribution in [0.15, 0.2) is 42.5 Å². The molecule has 1 saturated heterocycles. The molecular formula is C23H30FN3O3S. The molecule has 0 atom stereocenters. The first kappa shape index (κ1) is 23.1. The molecule has 2 aromatic rings. The van der Waals surface area contributed by atoms with Crippen molar-refractivity contribution in [3.05, 3.63) is 59.4 Å². The molecule has 0 aromatic heterocycles. The smallest absolute Gasteiger partial charge is 0.232 e. The summed E-state index contributed by atoms with van der Waals surface area (Å²) in [6.45, 7) is 6.31. The molecular weight excluding hydrogens is 417 g/mol. The number of carbonyl (C=O) groups is 1. The molecule has 1 amide bonds. The van der Waals surface area contributed by atoms with E-state index in [4.69, 9.17) is 0 Å². The minimum atomic E-state index is -3.46. The van der Waals surface area contributed by atoms with E-state index in [1.54, 1.807) is 29.2 Å². The van der Waals surface area contributed by atoms with E-state index >= 15 is 0 Å². The molecule has 0 N–H and O–H groups in total. The Balaban J connectivity index is 1.55. The molecule has 8 heteroatoms. The number of benzene rings is 2. The number of amides is 1. The van der Waals surface area contributed by atoms with Gasteiger partial charge in [-0.1, -0.05) is 24.3 Å². The molecule has 31 heavy (non-hydrogen) atoms. The first-order valence-electron chi connectivity index (χ1n) is 10.5. The number of hydrogen-bond donors (Lipinski definition) is 0. The van der Waals surface area contributed by atoms with Crippen molar-refractivity contribution in [2.24, 2.45) is 0 Å². The first-order valence-corrected chi connectivity index (χ1v) is 12.3. The molecule has 6 nitrogen and oxygen atoms in total. The predicted molar refractivity (Wildman–Crippen MR) is 123 cm³/mol. The van der Waals surface area contributed by atoms with Crippen molar-refractivity contribution >= 4 is 27.3 Å². The van der Waals surface area contributed by atoms with E-state index in [1.165, 1.54) is 16.6 Å². The zero-order valence-electron chi connectivity index (χ0n) is 18.3. The Morgan fingerprint density at radius 1 is 1.03 bits per heavy atom. The summed E-state index contributed by atoms with van der Waals surface area (Å²) in [5.41, 5.74) is 3.17.